The van der Waals surface area contributed by atoms with Crippen LogP contribution in [0.4, 0.5) is 0 Å². The Morgan fingerprint density at radius 2 is 1.61 bits per heavy atom. The van der Waals surface area contributed by atoms with Crippen LogP contribution < -0.4 is 11.1 Å². The number of nitrogens with two attached hydrogens (primary N) is 1. The highest BCUT2D eigenvalue weighted by Gasteiger charge is 2.28. The van der Waals surface area contributed by atoms with Gasteiger partial charge in [-0.1, -0.05) is 54.6 Å². The third-order valence-electron chi connectivity index (χ3n) is 5.09. The van der Waals surface area contributed by atoms with Crippen molar-refractivity contribution in [2.75, 3.05) is 19.0 Å². The molecule has 0 unspecified atom stereocenters. The highest BCUT2D eigenvalue weighted by atomic mass is 32.2. The molecule has 0 bridgehead atoms. The molecule has 0 aliphatic carbocycles. The van der Waals surface area contributed by atoms with Crippen LogP contribution in [0.1, 0.15) is 23.1 Å². The molecule has 2 aromatic rings. The monoisotopic (exact) mass is 475 g/mol. The second-order valence-corrected chi connectivity index (χ2v) is 9.85. The number of aliphatic hydroxyl groups excluding tert-OH is 2. The quantitative estimate of drug-likeness (QED) is 0.203. The maximum Gasteiger partial charge on any atom is 0.227 e. The summed E-state index contributed by atoms with van der Waals surface area (Å²) in [5, 5.41) is 28.9. The summed E-state index contributed by atoms with van der Waals surface area (Å²) in [6.07, 6.45) is 0.374. The molecule has 2 rings (SSSR count). The first kappa shape index (κ1) is 26.2. The fourth-order valence-corrected chi connectivity index (χ4v) is 4.90. The number of amidine groups is 1. The summed E-state index contributed by atoms with van der Waals surface area (Å²) >= 11 is 0. The lowest BCUT2D eigenvalue weighted by Gasteiger charge is -2.20. The van der Waals surface area contributed by atoms with Crippen LogP contribution in [0, 0.1) is 11.3 Å². The molecule has 33 heavy (non-hydrogen) atoms. The molecule has 0 aliphatic heterocycles. The summed E-state index contributed by atoms with van der Waals surface area (Å²) in [5.41, 5.74) is 7.35. The maximum atomic E-state index is 12.5. The number of carbonyl (C=O) groups is 2. The largest absolute Gasteiger partial charge is 0.396 e. The molecule has 6 N–H and O–H groups in total. The minimum absolute atomic E-state index is 0.0288. The predicted molar refractivity (Wildman–Crippen MR) is 124 cm³/mol. The summed E-state index contributed by atoms with van der Waals surface area (Å²) in [5.74, 6) is -3.43. The molecule has 0 aromatic heterocycles. The van der Waals surface area contributed by atoms with E-state index >= 15 is 0 Å². The van der Waals surface area contributed by atoms with E-state index in [1.54, 1.807) is 54.6 Å². The smallest absolute Gasteiger partial charge is 0.227 e. The number of ketones is 1. The van der Waals surface area contributed by atoms with Crippen LogP contribution in [0.3, 0.4) is 0 Å². The molecular formula is C23H29N3O6S. The second kappa shape index (κ2) is 12.2. The number of nitrogens with one attached hydrogen (secondary N) is 2. The van der Waals surface area contributed by atoms with E-state index in [0.29, 0.717) is 17.5 Å². The molecule has 178 valence electrons. The van der Waals surface area contributed by atoms with Gasteiger partial charge in [-0.25, -0.2) is 8.42 Å². The van der Waals surface area contributed by atoms with Crippen molar-refractivity contribution in [1.29, 1.82) is 5.41 Å². The molecule has 0 heterocycles. The second-order valence-electron chi connectivity index (χ2n) is 7.74. The van der Waals surface area contributed by atoms with Crippen molar-refractivity contribution in [3.8, 4) is 0 Å². The van der Waals surface area contributed by atoms with E-state index in [9.17, 15) is 28.2 Å². The minimum atomic E-state index is -3.70. The Morgan fingerprint density at radius 3 is 2.15 bits per heavy atom. The Morgan fingerprint density at radius 1 is 0.970 bits per heavy atom. The number of amides is 1. The molecule has 0 saturated heterocycles. The van der Waals surface area contributed by atoms with Gasteiger partial charge in [-0.3, -0.25) is 15.0 Å². The van der Waals surface area contributed by atoms with Gasteiger partial charge in [0.05, 0.1) is 30.6 Å². The number of aryl methyl sites for hydroxylation is 1. The number of hydrogen-bond donors (Lipinski definition) is 5. The SMILES string of the molecule is N=C(N)c1ccc(CCC(=O)[C@H](CO)NC(=O)[C@@H](CO)CS(=O)(=O)Cc2ccccc2)cc1. The van der Waals surface area contributed by atoms with E-state index in [1.807, 2.05) is 0 Å². The molecular weight excluding hydrogens is 446 g/mol. The van der Waals surface area contributed by atoms with Gasteiger partial charge >= 0.3 is 0 Å². The molecule has 0 fully saturated rings. The highest BCUT2D eigenvalue weighted by molar-refractivity contribution is 7.90. The molecule has 1 amide bonds. The number of rotatable bonds is 13. The lowest BCUT2D eigenvalue weighted by molar-refractivity contribution is -0.131. The number of sulfone groups is 1. The summed E-state index contributed by atoms with van der Waals surface area (Å²) < 4.78 is 24.9. The van der Waals surface area contributed by atoms with E-state index in [1.165, 1.54) is 0 Å². The van der Waals surface area contributed by atoms with Crippen LogP contribution in [0.15, 0.2) is 54.6 Å². The number of aliphatic hydroxyl groups is 2. The summed E-state index contributed by atoms with van der Waals surface area (Å²) in [6, 6.07) is 14.1. The minimum Gasteiger partial charge on any atom is -0.396 e. The van der Waals surface area contributed by atoms with E-state index in [2.05, 4.69) is 5.32 Å². The number of hydrogen-bond acceptors (Lipinski definition) is 7. The number of Topliss-reactive ketones (excluding diaryl/α,β-unsaturated/α-hetero) is 1. The van der Waals surface area contributed by atoms with E-state index in [-0.39, 0.29) is 18.0 Å². The Bertz CT molecular complexity index is 1060. The average Bonchev–Trinajstić information content (AvgIpc) is 2.79. The first-order valence-electron chi connectivity index (χ1n) is 10.4. The van der Waals surface area contributed by atoms with Crippen LogP contribution in [0.2, 0.25) is 0 Å². The Hall–Kier alpha value is -3.08. The van der Waals surface area contributed by atoms with Crippen molar-refractivity contribution in [2.45, 2.75) is 24.6 Å². The molecule has 10 heteroatoms. The van der Waals surface area contributed by atoms with Gasteiger partial charge in [0.2, 0.25) is 5.91 Å². The van der Waals surface area contributed by atoms with Crippen LogP contribution >= 0.6 is 0 Å². The predicted octanol–water partition coefficient (Wildman–Crippen LogP) is 0.173. The van der Waals surface area contributed by atoms with E-state index < -0.39 is 52.5 Å². The first-order valence-corrected chi connectivity index (χ1v) is 12.2. The summed E-state index contributed by atoms with van der Waals surface area (Å²) in [6.45, 7) is -1.36. The zero-order valence-electron chi connectivity index (χ0n) is 18.1. The van der Waals surface area contributed by atoms with Gasteiger partial charge in [-0.2, -0.15) is 0 Å². The molecule has 2 aromatic carbocycles. The van der Waals surface area contributed by atoms with Crippen LogP contribution in [-0.2, 0) is 31.6 Å². The van der Waals surface area contributed by atoms with Gasteiger partial charge in [0, 0.05) is 12.0 Å². The molecule has 0 aliphatic rings. The zero-order valence-corrected chi connectivity index (χ0v) is 18.9. The first-order chi connectivity index (χ1) is 15.6. The molecule has 2 atom stereocenters. The van der Waals surface area contributed by atoms with Gasteiger partial charge in [-0.05, 0) is 17.5 Å². The number of benzene rings is 2. The standard InChI is InChI=1S/C23H29N3O6S/c24-22(25)18-9-6-16(7-10-18)8-11-21(29)20(13-28)26-23(30)19(12-27)15-33(31,32)14-17-4-2-1-3-5-17/h1-7,9-10,19-20,27-28H,8,11-15H2,(H3,24,25)(H,26,30)/t19-,20-/m0/s1. The summed E-state index contributed by atoms with van der Waals surface area (Å²) in [4.78, 5) is 25.0. The van der Waals surface area contributed by atoms with Gasteiger partial charge < -0.3 is 21.3 Å². The van der Waals surface area contributed by atoms with Gasteiger partial charge in [0.25, 0.3) is 0 Å². The topological polar surface area (TPSA) is 171 Å². The Kier molecular flexibility index (Phi) is 9.71. The van der Waals surface area contributed by atoms with Crippen molar-refractivity contribution in [3.63, 3.8) is 0 Å². The third-order valence-corrected chi connectivity index (χ3v) is 6.77. The van der Waals surface area contributed by atoms with Crippen molar-refractivity contribution in [2.24, 2.45) is 11.7 Å². The Balaban J connectivity index is 1.93. The molecule has 0 spiro atoms. The highest BCUT2D eigenvalue weighted by Crippen LogP contribution is 2.12. The van der Waals surface area contributed by atoms with Gasteiger partial charge in [-0.15, -0.1) is 0 Å². The molecule has 0 radical (unpaired) electrons. The fourth-order valence-electron chi connectivity index (χ4n) is 3.22. The normalized spacial score (nSPS) is 13.2. The zero-order chi connectivity index (χ0) is 24.4. The van der Waals surface area contributed by atoms with E-state index in [0.717, 1.165) is 5.56 Å². The lowest BCUT2D eigenvalue weighted by atomic mass is 10.0. The summed E-state index contributed by atoms with van der Waals surface area (Å²) in [7, 11) is -3.70. The van der Waals surface area contributed by atoms with Gasteiger partial charge in [0.15, 0.2) is 15.6 Å². The average molecular weight is 476 g/mol. The molecule has 0 saturated carbocycles. The van der Waals surface area contributed by atoms with E-state index in [4.69, 9.17) is 11.1 Å². The van der Waals surface area contributed by atoms with Crippen LogP contribution in [0.5, 0.6) is 0 Å². The fraction of sp³-hybridized carbons (Fsp3) is 0.348. The lowest BCUT2D eigenvalue weighted by Crippen LogP contribution is -2.48. The van der Waals surface area contributed by atoms with Crippen LogP contribution in [-0.4, -0.2) is 61.2 Å². The number of nitrogen functional groups attached to an aromatic ring is 1. The third kappa shape index (κ3) is 8.41. The molecule has 9 nitrogen and oxygen atoms in total. The van der Waals surface area contributed by atoms with Gasteiger partial charge in [0.1, 0.15) is 11.9 Å². The Labute approximate surface area is 193 Å². The maximum absolute atomic E-state index is 12.5. The van der Waals surface area contributed by atoms with Crippen LogP contribution in [0.25, 0.3) is 0 Å². The van der Waals surface area contributed by atoms with Crippen molar-refractivity contribution >= 4 is 27.4 Å². The van der Waals surface area contributed by atoms with Crippen molar-refractivity contribution in [3.05, 3.63) is 71.3 Å². The number of carbonyl (C=O) groups excluding carboxylic acids is 2. The van der Waals surface area contributed by atoms with Crippen molar-refractivity contribution < 1.29 is 28.2 Å². The van der Waals surface area contributed by atoms with Crippen molar-refractivity contribution in [1.82, 2.24) is 5.32 Å².